The molecule has 0 spiro atoms. The van der Waals surface area contributed by atoms with Crippen LogP contribution in [0.1, 0.15) is 0 Å². The number of ether oxygens (including phenoxy) is 2. The summed E-state index contributed by atoms with van der Waals surface area (Å²) in [5.41, 5.74) is 0. The van der Waals surface area contributed by atoms with Crippen molar-refractivity contribution in [3.05, 3.63) is 12.1 Å². The molecule has 0 unspecified atom stereocenters. The molecule has 0 bridgehead atoms. The zero-order valence-electron chi connectivity index (χ0n) is 11.2. The molecule has 20 heavy (non-hydrogen) atoms. The van der Waals surface area contributed by atoms with Crippen LogP contribution in [0.3, 0.4) is 0 Å². The van der Waals surface area contributed by atoms with Gasteiger partial charge in [-0.05, 0) is 0 Å². The second kappa shape index (κ2) is 10.6. The van der Waals surface area contributed by atoms with Gasteiger partial charge in [0.05, 0.1) is 31.2 Å². The molecule has 0 aliphatic rings. The van der Waals surface area contributed by atoms with E-state index in [9.17, 15) is 18.2 Å². The Morgan fingerprint density at radius 3 is 2.05 bits per heavy atom. The Morgan fingerprint density at radius 2 is 1.65 bits per heavy atom. The largest absolute Gasteiger partial charge is 1.00 e. The number of hydrogen-bond acceptors (Lipinski definition) is 9. The average Bonchev–Trinajstić information content (AvgIpc) is 2.33. The van der Waals surface area contributed by atoms with Crippen LogP contribution in [0, 0.1) is 0 Å². The quantitative estimate of drug-likeness (QED) is 0.164. The molecular weight excluding hydrogens is 334 g/mol. The van der Waals surface area contributed by atoms with Crippen LogP contribution in [0.25, 0.3) is 0 Å². The van der Waals surface area contributed by atoms with Gasteiger partial charge in [-0.1, -0.05) is 0 Å². The predicted octanol–water partition coefficient (Wildman–Crippen LogP) is -6.15. The van der Waals surface area contributed by atoms with Crippen LogP contribution in [0.5, 0.6) is 11.5 Å². The minimum absolute atomic E-state index is 0. The fourth-order valence-electron chi connectivity index (χ4n) is 1.15. The number of rotatable bonds is 6. The van der Waals surface area contributed by atoms with E-state index in [1.807, 2.05) is 0 Å². The van der Waals surface area contributed by atoms with E-state index in [0.29, 0.717) is 12.0 Å². The maximum absolute atomic E-state index is 11.0. The van der Waals surface area contributed by atoms with Crippen molar-refractivity contribution in [1.82, 2.24) is 0 Å². The smallest absolute Gasteiger partial charge is 0.744 e. The molecule has 0 aromatic heterocycles. The molecule has 0 radical (unpaired) electrons. The molecule has 0 aliphatic carbocycles. The van der Waals surface area contributed by atoms with E-state index in [4.69, 9.17) is 9.47 Å². The molecule has 0 saturated carbocycles. The summed E-state index contributed by atoms with van der Waals surface area (Å²) in [6.45, 7) is 0. The van der Waals surface area contributed by atoms with Gasteiger partial charge in [0.25, 0.3) is 0 Å². The van der Waals surface area contributed by atoms with Crippen LogP contribution in [0.15, 0.2) is 21.9 Å². The molecular formula is C8H8Na2O8S2. The van der Waals surface area contributed by atoms with Crippen molar-refractivity contribution in [2.45, 2.75) is 9.79 Å². The third-order valence-corrected chi connectivity index (χ3v) is 3.35. The summed E-state index contributed by atoms with van der Waals surface area (Å²) >= 11 is 0.484. The maximum atomic E-state index is 11.0. The fraction of sp³-hybridized carbons (Fsp3) is 0.250. The zero-order chi connectivity index (χ0) is 13.8. The van der Waals surface area contributed by atoms with E-state index in [1.165, 1.54) is 20.3 Å². The van der Waals surface area contributed by atoms with Gasteiger partial charge in [0, 0.05) is 12.1 Å². The van der Waals surface area contributed by atoms with Crippen molar-refractivity contribution in [1.29, 1.82) is 0 Å². The average molecular weight is 342 g/mol. The molecule has 0 atom stereocenters. The molecule has 0 heterocycles. The monoisotopic (exact) mass is 342 g/mol. The first-order valence-corrected chi connectivity index (χ1v) is 6.44. The van der Waals surface area contributed by atoms with Crippen molar-refractivity contribution < 1.29 is 96.2 Å². The molecule has 0 aliphatic heterocycles. The Labute approximate surface area is 164 Å². The van der Waals surface area contributed by atoms with Gasteiger partial charge in [0.15, 0.2) is 0 Å². The van der Waals surface area contributed by atoms with Crippen molar-refractivity contribution in [3.8, 4) is 11.5 Å². The van der Waals surface area contributed by atoms with Gasteiger partial charge >= 0.3 is 59.1 Å². The van der Waals surface area contributed by atoms with Crippen LogP contribution in [0.2, 0.25) is 0 Å². The van der Waals surface area contributed by atoms with Crippen LogP contribution >= 0.6 is 12.0 Å². The summed E-state index contributed by atoms with van der Waals surface area (Å²) in [5, 5.41) is 12.9. The van der Waals surface area contributed by atoms with Crippen molar-refractivity contribution >= 4 is 22.2 Å². The van der Waals surface area contributed by atoms with Gasteiger partial charge in [0.1, 0.15) is 26.5 Å². The maximum Gasteiger partial charge on any atom is 1.00 e. The summed E-state index contributed by atoms with van der Waals surface area (Å²) in [5.74, 6) is -0.171. The van der Waals surface area contributed by atoms with E-state index in [2.05, 4.69) is 9.37 Å². The molecule has 1 aromatic rings. The first-order chi connectivity index (χ1) is 8.43. The Balaban J connectivity index is 0. The summed E-state index contributed by atoms with van der Waals surface area (Å²) < 4.78 is 46.7. The molecule has 0 fully saturated rings. The zero-order valence-corrected chi connectivity index (χ0v) is 16.9. The van der Waals surface area contributed by atoms with Gasteiger partial charge < -0.3 is 19.3 Å². The topological polar surface area (TPSA) is 117 Å². The number of benzene rings is 1. The Hall–Kier alpha value is 0.960. The summed E-state index contributed by atoms with van der Waals surface area (Å²) in [6.07, 6.45) is 0. The minimum Gasteiger partial charge on any atom is -0.744 e. The van der Waals surface area contributed by atoms with E-state index in [1.54, 1.807) is 0 Å². The molecule has 0 saturated heterocycles. The van der Waals surface area contributed by atoms with Gasteiger partial charge in [0.2, 0.25) is 0 Å². The second-order valence-electron chi connectivity index (χ2n) is 2.83. The van der Waals surface area contributed by atoms with E-state index in [0.717, 1.165) is 6.07 Å². The van der Waals surface area contributed by atoms with Crippen LogP contribution in [-0.2, 0) is 19.5 Å². The third kappa shape index (κ3) is 6.38. The Kier molecular flexibility index (Phi) is 12.4. The molecule has 102 valence electrons. The van der Waals surface area contributed by atoms with Gasteiger partial charge in [-0.15, -0.1) is 0 Å². The molecule has 0 N–H and O–H groups in total. The number of hydrogen-bond donors (Lipinski definition) is 0. The first kappa shape index (κ1) is 23.2. The van der Waals surface area contributed by atoms with Crippen LogP contribution in [-0.4, -0.2) is 27.2 Å². The van der Waals surface area contributed by atoms with Crippen LogP contribution in [0.4, 0.5) is 0 Å². The summed E-state index contributed by atoms with van der Waals surface area (Å²) in [6, 6.07) is 2.14. The summed E-state index contributed by atoms with van der Waals surface area (Å²) in [4.78, 5) is -0.369. The first-order valence-electron chi connectivity index (χ1n) is 4.29. The SMILES string of the molecule is COc1cc(S(=O)(=O)[O-])c(OC)cc1SOO[O-].[Na+].[Na+]. The summed E-state index contributed by atoms with van der Waals surface area (Å²) in [7, 11) is -2.27. The van der Waals surface area contributed by atoms with E-state index < -0.39 is 15.0 Å². The molecule has 1 rings (SSSR count). The van der Waals surface area contributed by atoms with E-state index in [-0.39, 0.29) is 75.5 Å². The minimum atomic E-state index is -4.71. The van der Waals surface area contributed by atoms with Gasteiger partial charge in [-0.2, -0.15) is 4.33 Å². The Morgan fingerprint density at radius 1 is 1.10 bits per heavy atom. The standard InChI is InChI=1S/C8H10O8S2.2Na/c1-13-5-4-8(18(10,11)12)6(14-2)3-7(5)17-16-15-9;;/h3-4,9H,1-2H3,(H,10,11,12);;/q;2*+1/p-2. The second-order valence-corrected chi connectivity index (χ2v) is 4.92. The fourth-order valence-corrected chi connectivity index (χ4v) is 2.27. The van der Waals surface area contributed by atoms with Gasteiger partial charge in [-0.25, -0.2) is 8.42 Å². The molecule has 8 nitrogen and oxygen atoms in total. The normalized spacial score (nSPS) is 10.2. The third-order valence-electron chi connectivity index (χ3n) is 1.87. The van der Waals surface area contributed by atoms with Crippen LogP contribution < -0.4 is 73.8 Å². The van der Waals surface area contributed by atoms with Gasteiger partial charge in [-0.3, -0.25) is 5.04 Å². The van der Waals surface area contributed by atoms with E-state index >= 15 is 0 Å². The van der Waals surface area contributed by atoms with Crippen molar-refractivity contribution in [2.75, 3.05) is 14.2 Å². The van der Waals surface area contributed by atoms with Crippen molar-refractivity contribution in [3.63, 3.8) is 0 Å². The van der Waals surface area contributed by atoms with Crippen molar-refractivity contribution in [2.24, 2.45) is 0 Å². The molecule has 0 amide bonds. The molecule has 12 heteroatoms. The predicted molar refractivity (Wildman–Crippen MR) is 55.5 cm³/mol. The molecule has 1 aromatic carbocycles. The number of methoxy groups -OCH3 is 2. The Bertz CT molecular complexity index is 521.